The van der Waals surface area contributed by atoms with E-state index in [4.69, 9.17) is 4.42 Å². The third-order valence-corrected chi connectivity index (χ3v) is 4.05. The third kappa shape index (κ3) is 3.11. The highest BCUT2D eigenvalue weighted by molar-refractivity contribution is 4.99. The van der Waals surface area contributed by atoms with E-state index in [0.717, 1.165) is 25.4 Å². The van der Waals surface area contributed by atoms with E-state index in [1.165, 1.54) is 25.9 Å². The molecule has 3 heteroatoms. The summed E-state index contributed by atoms with van der Waals surface area (Å²) in [6.07, 6.45) is 4.32. The zero-order chi connectivity index (χ0) is 12.1. The Morgan fingerprint density at radius 3 is 2.88 bits per heavy atom. The van der Waals surface area contributed by atoms with Gasteiger partial charge in [-0.05, 0) is 43.5 Å². The van der Waals surface area contributed by atoms with Crippen molar-refractivity contribution < 1.29 is 4.42 Å². The van der Waals surface area contributed by atoms with Crippen LogP contribution in [0, 0.1) is 5.41 Å². The van der Waals surface area contributed by atoms with Crippen molar-refractivity contribution in [3.05, 3.63) is 24.2 Å². The van der Waals surface area contributed by atoms with E-state index in [1.54, 1.807) is 6.26 Å². The van der Waals surface area contributed by atoms with E-state index in [2.05, 4.69) is 30.1 Å². The van der Waals surface area contributed by atoms with Crippen LogP contribution in [0.15, 0.2) is 22.8 Å². The van der Waals surface area contributed by atoms with E-state index < -0.39 is 0 Å². The van der Waals surface area contributed by atoms with Gasteiger partial charge in [-0.15, -0.1) is 0 Å². The maximum atomic E-state index is 5.44. The molecule has 0 spiro atoms. The second kappa shape index (κ2) is 5.69. The van der Waals surface area contributed by atoms with Gasteiger partial charge in [-0.1, -0.05) is 13.8 Å². The fourth-order valence-corrected chi connectivity index (χ4v) is 2.72. The molecule has 3 nitrogen and oxygen atoms in total. The van der Waals surface area contributed by atoms with Gasteiger partial charge >= 0.3 is 0 Å². The molecule has 1 atom stereocenters. The number of hydrogen-bond donors (Lipinski definition) is 1. The summed E-state index contributed by atoms with van der Waals surface area (Å²) in [5, 5.41) is 3.50. The van der Waals surface area contributed by atoms with Crippen LogP contribution in [0.3, 0.4) is 0 Å². The first kappa shape index (κ1) is 12.7. The summed E-state index contributed by atoms with van der Waals surface area (Å²) >= 11 is 0. The number of furan rings is 1. The van der Waals surface area contributed by atoms with Crippen LogP contribution in [-0.4, -0.2) is 31.1 Å². The van der Waals surface area contributed by atoms with Crippen molar-refractivity contribution in [1.29, 1.82) is 0 Å². The summed E-state index contributed by atoms with van der Waals surface area (Å²) in [6, 6.07) is 4.03. The quantitative estimate of drug-likeness (QED) is 0.822. The molecule has 1 N–H and O–H groups in total. The van der Waals surface area contributed by atoms with Crippen molar-refractivity contribution in [2.24, 2.45) is 5.41 Å². The average molecular weight is 236 g/mol. The first-order chi connectivity index (χ1) is 8.28. The van der Waals surface area contributed by atoms with Crippen molar-refractivity contribution in [2.45, 2.75) is 33.2 Å². The maximum absolute atomic E-state index is 5.44. The Morgan fingerprint density at radius 2 is 2.35 bits per heavy atom. The second-order valence-electron chi connectivity index (χ2n) is 5.16. The van der Waals surface area contributed by atoms with Crippen LogP contribution < -0.4 is 5.32 Å². The van der Waals surface area contributed by atoms with Crippen LogP contribution in [0.2, 0.25) is 0 Å². The molecule has 1 aromatic rings. The predicted octanol–water partition coefficient (Wildman–Crippen LogP) is 2.49. The molecule has 1 aromatic heterocycles. The van der Waals surface area contributed by atoms with Gasteiger partial charge in [-0.3, -0.25) is 4.90 Å². The monoisotopic (exact) mass is 236 g/mol. The first-order valence-electron chi connectivity index (χ1n) is 6.73. The number of nitrogens with one attached hydrogen (secondary N) is 1. The minimum Gasteiger partial charge on any atom is -0.468 e. The van der Waals surface area contributed by atoms with E-state index in [-0.39, 0.29) is 0 Å². The summed E-state index contributed by atoms with van der Waals surface area (Å²) in [5.74, 6) is 1.07. The Bertz CT molecular complexity index is 315. The van der Waals surface area contributed by atoms with Crippen molar-refractivity contribution >= 4 is 0 Å². The highest BCUT2D eigenvalue weighted by atomic mass is 16.3. The lowest BCUT2D eigenvalue weighted by molar-refractivity contribution is 0.149. The van der Waals surface area contributed by atoms with Gasteiger partial charge in [0, 0.05) is 13.1 Å². The molecule has 1 saturated heterocycles. The summed E-state index contributed by atoms with van der Waals surface area (Å²) in [4.78, 5) is 2.50. The molecule has 0 saturated carbocycles. The van der Waals surface area contributed by atoms with Crippen LogP contribution in [0.5, 0.6) is 0 Å². The van der Waals surface area contributed by atoms with Crippen molar-refractivity contribution in [3.63, 3.8) is 0 Å². The van der Waals surface area contributed by atoms with Gasteiger partial charge in [0.05, 0.1) is 12.8 Å². The molecule has 96 valence electrons. The number of nitrogens with zero attached hydrogens (tertiary/aromatic N) is 1. The zero-order valence-corrected chi connectivity index (χ0v) is 11.0. The van der Waals surface area contributed by atoms with Gasteiger partial charge in [0.2, 0.25) is 0 Å². The minimum atomic E-state index is 0.475. The van der Waals surface area contributed by atoms with Gasteiger partial charge in [0.15, 0.2) is 0 Å². The van der Waals surface area contributed by atoms with Crippen molar-refractivity contribution in [2.75, 3.05) is 26.2 Å². The van der Waals surface area contributed by atoms with Crippen molar-refractivity contribution in [3.8, 4) is 0 Å². The van der Waals surface area contributed by atoms with Crippen LogP contribution >= 0.6 is 0 Å². The Hall–Kier alpha value is -0.800. The molecular weight excluding hydrogens is 212 g/mol. The Morgan fingerprint density at radius 1 is 1.47 bits per heavy atom. The molecule has 17 heavy (non-hydrogen) atoms. The lowest BCUT2D eigenvalue weighted by Gasteiger charge is -2.33. The Labute approximate surface area is 104 Å². The highest BCUT2D eigenvalue weighted by Gasteiger charge is 2.33. The molecule has 0 bridgehead atoms. The maximum Gasteiger partial charge on any atom is 0.117 e. The molecule has 0 amide bonds. The van der Waals surface area contributed by atoms with Crippen LogP contribution in [0.1, 0.15) is 32.4 Å². The van der Waals surface area contributed by atoms with E-state index in [9.17, 15) is 0 Å². The third-order valence-electron chi connectivity index (χ3n) is 4.05. The molecule has 1 aliphatic heterocycles. The van der Waals surface area contributed by atoms with Gasteiger partial charge in [0.25, 0.3) is 0 Å². The molecule has 0 aliphatic carbocycles. The summed E-state index contributed by atoms with van der Waals surface area (Å²) in [5.41, 5.74) is 0.475. The highest BCUT2D eigenvalue weighted by Crippen LogP contribution is 2.30. The largest absolute Gasteiger partial charge is 0.468 e. The molecule has 2 heterocycles. The normalized spacial score (nSPS) is 24.6. The minimum absolute atomic E-state index is 0.475. The standard InChI is InChI=1S/C14H24N2O/c1-3-14(7-8-15-11-14)12-16(4-2)10-13-6-5-9-17-13/h5-6,9,15H,3-4,7-8,10-12H2,1-2H3. The molecule has 1 aliphatic rings. The number of rotatable bonds is 6. The van der Waals surface area contributed by atoms with Crippen LogP contribution in [0.4, 0.5) is 0 Å². The first-order valence-corrected chi connectivity index (χ1v) is 6.73. The van der Waals surface area contributed by atoms with Crippen LogP contribution in [0.25, 0.3) is 0 Å². The topological polar surface area (TPSA) is 28.4 Å². The average Bonchev–Trinajstić information content (AvgIpc) is 3.00. The van der Waals surface area contributed by atoms with Crippen molar-refractivity contribution in [1.82, 2.24) is 10.2 Å². The molecular formula is C14H24N2O. The predicted molar refractivity (Wildman–Crippen MR) is 69.9 cm³/mol. The lowest BCUT2D eigenvalue weighted by Crippen LogP contribution is -2.38. The summed E-state index contributed by atoms with van der Waals surface area (Å²) in [6.45, 7) is 10.1. The van der Waals surface area contributed by atoms with Gasteiger partial charge in [-0.25, -0.2) is 0 Å². The summed E-state index contributed by atoms with van der Waals surface area (Å²) < 4.78 is 5.44. The number of hydrogen-bond acceptors (Lipinski definition) is 3. The lowest BCUT2D eigenvalue weighted by atomic mass is 9.83. The van der Waals surface area contributed by atoms with E-state index in [1.807, 2.05) is 6.07 Å². The smallest absolute Gasteiger partial charge is 0.117 e. The van der Waals surface area contributed by atoms with Gasteiger partial charge in [0.1, 0.15) is 5.76 Å². The Kier molecular flexibility index (Phi) is 4.24. The van der Waals surface area contributed by atoms with Gasteiger partial charge in [-0.2, -0.15) is 0 Å². The SMILES string of the molecule is CCN(Cc1ccco1)CC1(CC)CCNC1. The zero-order valence-electron chi connectivity index (χ0n) is 11.0. The molecule has 1 unspecified atom stereocenters. The molecule has 0 aromatic carbocycles. The fourth-order valence-electron chi connectivity index (χ4n) is 2.72. The van der Waals surface area contributed by atoms with E-state index >= 15 is 0 Å². The second-order valence-corrected chi connectivity index (χ2v) is 5.16. The van der Waals surface area contributed by atoms with Crippen LogP contribution in [-0.2, 0) is 6.54 Å². The fraction of sp³-hybridized carbons (Fsp3) is 0.714. The molecule has 0 radical (unpaired) electrons. The summed E-state index contributed by atoms with van der Waals surface area (Å²) in [7, 11) is 0. The van der Waals surface area contributed by atoms with E-state index in [0.29, 0.717) is 5.41 Å². The molecule has 2 rings (SSSR count). The van der Waals surface area contributed by atoms with Gasteiger partial charge < -0.3 is 9.73 Å². The Balaban J connectivity index is 1.94. The molecule has 1 fully saturated rings.